The summed E-state index contributed by atoms with van der Waals surface area (Å²) >= 11 is 1.82. The van der Waals surface area contributed by atoms with Crippen LogP contribution in [0.2, 0.25) is 0 Å². The molecule has 0 aliphatic carbocycles. The number of thioether (sulfide) groups is 1. The summed E-state index contributed by atoms with van der Waals surface area (Å²) in [5.74, 6) is 1.34. The summed E-state index contributed by atoms with van der Waals surface area (Å²) in [4.78, 5) is 10.8. The van der Waals surface area contributed by atoms with E-state index in [0.29, 0.717) is 18.1 Å². The molecule has 0 saturated heterocycles. The molecule has 0 aliphatic heterocycles. The zero-order chi connectivity index (χ0) is 12.0. The smallest absolute Gasteiger partial charge is 0.339 e. The van der Waals surface area contributed by atoms with Gasteiger partial charge in [-0.1, -0.05) is 0 Å². The zero-order valence-electron chi connectivity index (χ0n) is 9.58. The molecule has 90 valence electrons. The minimum absolute atomic E-state index is 0.251. The predicted molar refractivity (Wildman–Crippen MR) is 65.1 cm³/mol. The lowest BCUT2D eigenvalue weighted by atomic mass is 10.2. The lowest BCUT2D eigenvalue weighted by Crippen LogP contribution is -2.14. The van der Waals surface area contributed by atoms with Crippen LogP contribution in [-0.2, 0) is 6.54 Å². The number of nitrogens with one attached hydrogen (secondary N) is 1. The Morgan fingerprint density at radius 2 is 2.38 bits per heavy atom. The Kier molecular flexibility index (Phi) is 5.42. The average Bonchev–Trinajstić information content (AvgIpc) is 2.59. The molecule has 0 aromatic carbocycles. The van der Waals surface area contributed by atoms with Crippen LogP contribution < -0.4 is 5.32 Å². The van der Waals surface area contributed by atoms with Gasteiger partial charge in [0, 0.05) is 0 Å². The number of carboxylic acids is 1. The van der Waals surface area contributed by atoms with Crippen LogP contribution in [0.15, 0.2) is 10.5 Å². The van der Waals surface area contributed by atoms with Gasteiger partial charge in [0.05, 0.1) is 6.54 Å². The van der Waals surface area contributed by atoms with Gasteiger partial charge in [0.25, 0.3) is 0 Å². The van der Waals surface area contributed by atoms with E-state index in [4.69, 9.17) is 9.52 Å². The lowest BCUT2D eigenvalue weighted by Gasteiger charge is -2.00. The predicted octanol–water partition coefficient (Wildman–Crippen LogP) is 2.13. The molecular weight excluding hydrogens is 226 g/mol. The summed E-state index contributed by atoms with van der Waals surface area (Å²) in [5.41, 5.74) is 0.251. The van der Waals surface area contributed by atoms with Crippen LogP contribution in [0.3, 0.4) is 0 Å². The molecule has 5 heteroatoms. The number of furan rings is 1. The highest BCUT2D eigenvalue weighted by atomic mass is 32.2. The van der Waals surface area contributed by atoms with Gasteiger partial charge in [0.1, 0.15) is 17.1 Å². The molecule has 1 aromatic heterocycles. The highest BCUT2D eigenvalue weighted by molar-refractivity contribution is 7.98. The van der Waals surface area contributed by atoms with Crippen molar-refractivity contribution in [3.8, 4) is 0 Å². The van der Waals surface area contributed by atoms with E-state index in [0.717, 1.165) is 18.7 Å². The van der Waals surface area contributed by atoms with E-state index in [-0.39, 0.29) is 5.56 Å². The van der Waals surface area contributed by atoms with Gasteiger partial charge in [-0.15, -0.1) is 0 Å². The van der Waals surface area contributed by atoms with Crippen LogP contribution >= 0.6 is 11.8 Å². The molecule has 2 N–H and O–H groups in total. The summed E-state index contributed by atoms with van der Waals surface area (Å²) in [5, 5.41) is 12.1. The Hall–Kier alpha value is -0.940. The van der Waals surface area contributed by atoms with Crippen molar-refractivity contribution in [2.45, 2.75) is 19.9 Å². The number of hydrogen-bond donors (Lipinski definition) is 2. The molecule has 0 saturated carbocycles. The third-order valence-electron chi connectivity index (χ3n) is 2.20. The quantitative estimate of drug-likeness (QED) is 0.718. The van der Waals surface area contributed by atoms with Crippen molar-refractivity contribution in [3.63, 3.8) is 0 Å². The number of carboxylic acid groups (broad SMARTS) is 1. The third-order valence-corrected chi connectivity index (χ3v) is 2.90. The van der Waals surface area contributed by atoms with Gasteiger partial charge in [0.2, 0.25) is 0 Å². The number of carbonyl (C=O) groups is 1. The van der Waals surface area contributed by atoms with Gasteiger partial charge in [-0.2, -0.15) is 11.8 Å². The summed E-state index contributed by atoms with van der Waals surface area (Å²) in [6, 6.07) is 1.58. The zero-order valence-corrected chi connectivity index (χ0v) is 10.4. The molecule has 1 heterocycles. The Bertz CT molecular complexity index is 349. The van der Waals surface area contributed by atoms with Crippen LogP contribution in [0.1, 0.15) is 28.3 Å². The van der Waals surface area contributed by atoms with Crippen molar-refractivity contribution in [1.29, 1.82) is 0 Å². The molecular formula is C11H17NO3S. The van der Waals surface area contributed by atoms with E-state index in [1.165, 1.54) is 0 Å². The van der Waals surface area contributed by atoms with Gasteiger partial charge in [0.15, 0.2) is 0 Å². The normalized spacial score (nSPS) is 10.6. The van der Waals surface area contributed by atoms with Crippen molar-refractivity contribution in [1.82, 2.24) is 5.32 Å². The largest absolute Gasteiger partial charge is 0.478 e. The topological polar surface area (TPSA) is 62.5 Å². The van der Waals surface area contributed by atoms with E-state index >= 15 is 0 Å². The lowest BCUT2D eigenvalue weighted by molar-refractivity contribution is 0.0695. The molecule has 0 spiro atoms. The second-order valence-electron chi connectivity index (χ2n) is 3.51. The number of hydrogen-bond acceptors (Lipinski definition) is 4. The molecule has 0 fully saturated rings. The van der Waals surface area contributed by atoms with E-state index in [1.54, 1.807) is 13.0 Å². The first kappa shape index (κ1) is 13.1. The molecule has 0 radical (unpaired) electrons. The van der Waals surface area contributed by atoms with E-state index in [9.17, 15) is 4.79 Å². The number of rotatable bonds is 7. The maximum Gasteiger partial charge on any atom is 0.339 e. The van der Waals surface area contributed by atoms with E-state index in [1.807, 2.05) is 11.8 Å². The summed E-state index contributed by atoms with van der Waals surface area (Å²) < 4.78 is 5.33. The Morgan fingerprint density at radius 1 is 1.62 bits per heavy atom. The molecule has 16 heavy (non-hydrogen) atoms. The average molecular weight is 243 g/mol. The molecule has 0 amide bonds. The highest BCUT2D eigenvalue weighted by Gasteiger charge is 2.12. The van der Waals surface area contributed by atoms with Crippen LogP contribution in [-0.4, -0.2) is 29.6 Å². The third kappa shape index (κ3) is 3.90. The molecule has 0 unspecified atom stereocenters. The highest BCUT2D eigenvalue weighted by Crippen LogP contribution is 2.14. The fourth-order valence-electron chi connectivity index (χ4n) is 1.40. The monoisotopic (exact) mass is 243 g/mol. The van der Waals surface area contributed by atoms with E-state index < -0.39 is 5.97 Å². The standard InChI is InChI=1S/C11H17NO3S/c1-8-10(11(13)14)6-9(15-8)7-12-4-3-5-16-2/h6,12H,3-5,7H2,1-2H3,(H,13,14). The SMILES string of the molecule is CSCCCNCc1cc(C(=O)O)c(C)o1. The van der Waals surface area contributed by atoms with Crippen molar-refractivity contribution in [2.24, 2.45) is 0 Å². The molecule has 1 aromatic rings. The Balaban J connectivity index is 2.37. The maximum atomic E-state index is 10.8. The van der Waals surface area contributed by atoms with Crippen molar-refractivity contribution >= 4 is 17.7 Å². The van der Waals surface area contributed by atoms with Crippen molar-refractivity contribution in [3.05, 3.63) is 23.2 Å². The summed E-state index contributed by atoms with van der Waals surface area (Å²) in [7, 11) is 0. The van der Waals surface area contributed by atoms with Crippen molar-refractivity contribution in [2.75, 3.05) is 18.6 Å². The summed E-state index contributed by atoms with van der Waals surface area (Å²) in [6.45, 7) is 3.17. The first-order valence-corrected chi connectivity index (χ1v) is 6.56. The number of aryl methyl sites for hydroxylation is 1. The first-order valence-electron chi connectivity index (χ1n) is 5.17. The van der Waals surface area contributed by atoms with E-state index in [2.05, 4.69) is 11.6 Å². The van der Waals surface area contributed by atoms with Gasteiger partial charge >= 0.3 is 5.97 Å². The molecule has 0 bridgehead atoms. The van der Waals surface area contributed by atoms with Crippen molar-refractivity contribution < 1.29 is 14.3 Å². The van der Waals surface area contributed by atoms with Gasteiger partial charge in [-0.05, 0) is 38.0 Å². The fraction of sp³-hybridized carbons (Fsp3) is 0.545. The van der Waals surface area contributed by atoms with Gasteiger partial charge in [-0.3, -0.25) is 0 Å². The fourth-order valence-corrected chi connectivity index (χ4v) is 1.83. The van der Waals surface area contributed by atoms with Crippen LogP contribution in [0.25, 0.3) is 0 Å². The molecule has 1 rings (SSSR count). The molecule has 0 aliphatic rings. The Labute approximate surface area is 99.4 Å². The minimum atomic E-state index is -0.935. The minimum Gasteiger partial charge on any atom is -0.478 e. The molecule has 4 nitrogen and oxygen atoms in total. The van der Waals surface area contributed by atoms with Crippen LogP contribution in [0.4, 0.5) is 0 Å². The number of aromatic carboxylic acids is 1. The molecule has 0 atom stereocenters. The second-order valence-corrected chi connectivity index (χ2v) is 4.50. The Morgan fingerprint density at radius 3 is 2.94 bits per heavy atom. The van der Waals surface area contributed by atoms with Gasteiger partial charge in [-0.25, -0.2) is 4.79 Å². The van der Waals surface area contributed by atoms with Gasteiger partial charge < -0.3 is 14.8 Å². The maximum absolute atomic E-state index is 10.8. The second kappa shape index (κ2) is 6.60. The van der Waals surface area contributed by atoms with Crippen LogP contribution in [0, 0.1) is 6.92 Å². The van der Waals surface area contributed by atoms with Crippen LogP contribution in [0.5, 0.6) is 0 Å². The first-order chi connectivity index (χ1) is 7.65. The summed E-state index contributed by atoms with van der Waals surface area (Å²) in [6.07, 6.45) is 3.18.